The molecule has 4 rings (SSSR count). The SMILES string of the molecule is C[Si](C)(C1CCCC1)N1CCCC1.C[Si](C)(C1CCCC1)N1CCCC1.[CH3-].[CH3-].[Cl][Zr+2][Cl]. The molecule has 2 nitrogen and oxygen atoms in total. The summed E-state index contributed by atoms with van der Waals surface area (Å²) in [6.07, 6.45) is 18.0. The van der Waals surface area contributed by atoms with Gasteiger partial charge in [-0.1, -0.05) is 77.6 Å². The normalized spacial score (nSPS) is 23.2. The molecule has 4 aliphatic rings. The zero-order valence-electron chi connectivity index (χ0n) is 21.6. The minimum atomic E-state index is -1.00. The van der Waals surface area contributed by atoms with E-state index >= 15 is 0 Å². The van der Waals surface area contributed by atoms with Gasteiger partial charge in [-0.15, -0.1) is 0 Å². The van der Waals surface area contributed by atoms with Gasteiger partial charge in [0.1, 0.15) is 16.5 Å². The Morgan fingerprint density at radius 2 is 0.774 bits per heavy atom. The molecule has 0 aromatic rings. The predicted molar refractivity (Wildman–Crippen MR) is 146 cm³/mol. The zero-order chi connectivity index (χ0) is 21.3. The van der Waals surface area contributed by atoms with Gasteiger partial charge in [-0.25, -0.2) is 0 Å². The maximum absolute atomic E-state index is 4.93. The number of hydrogen-bond donors (Lipinski definition) is 0. The number of rotatable bonds is 4. The van der Waals surface area contributed by atoms with E-state index in [0.717, 1.165) is 11.1 Å². The molecule has 0 atom stereocenters. The van der Waals surface area contributed by atoms with Gasteiger partial charge in [-0.2, -0.15) is 0 Å². The third-order valence-corrected chi connectivity index (χ3v) is 17.9. The molecule has 2 aliphatic carbocycles. The Bertz CT molecular complexity index is 369. The van der Waals surface area contributed by atoms with E-state index in [9.17, 15) is 0 Å². The van der Waals surface area contributed by atoms with Crippen molar-refractivity contribution >= 4 is 33.5 Å². The van der Waals surface area contributed by atoms with Gasteiger partial charge in [-0.05, 0) is 62.9 Å². The summed E-state index contributed by atoms with van der Waals surface area (Å²) in [5.41, 5.74) is 2.23. The summed E-state index contributed by atoms with van der Waals surface area (Å²) in [7, 11) is 7.86. The van der Waals surface area contributed by atoms with Crippen molar-refractivity contribution in [3.63, 3.8) is 0 Å². The van der Waals surface area contributed by atoms with Crippen molar-refractivity contribution in [2.24, 2.45) is 0 Å². The van der Waals surface area contributed by atoms with E-state index < -0.39 is 37.3 Å². The molecule has 184 valence electrons. The van der Waals surface area contributed by atoms with Crippen LogP contribution in [0.2, 0.25) is 37.3 Å². The van der Waals surface area contributed by atoms with E-state index in [1.807, 2.05) is 0 Å². The van der Waals surface area contributed by atoms with E-state index in [0.29, 0.717) is 0 Å². The topological polar surface area (TPSA) is 6.48 Å². The molecule has 0 N–H and O–H groups in total. The van der Waals surface area contributed by atoms with Crippen LogP contribution in [0.3, 0.4) is 0 Å². The molecular weight excluding hydrogens is 535 g/mol. The summed E-state index contributed by atoms with van der Waals surface area (Å²) in [6, 6.07) is 0. The third kappa shape index (κ3) is 9.77. The molecule has 0 aromatic carbocycles. The molecule has 31 heavy (non-hydrogen) atoms. The molecule has 2 saturated carbocycles. The van der Waals surface area contributed by atoms with Crippen molar-refractivity contribution in [2.75, 3.05) is 26.2 Å². The summed E-state index contributed by atoms with van der Waals surface area (Å²) >= 11 is -0.826. The number of halogens is 2. The van der Waals surface area contributed by atoms with E-state index in [4.69, 9.17) is 17.0 Å². The van der Waals surface area contributed by atoms with Crippen molar-refractivity contribution in [1.29, 1.82) is 0 Å². The molecule has 4 fully saturated rings. The molecule has 0 spiro atoms. The first kappa shape index (κ1) is 32.8. The first-order valence-electron chi connectivity index (χ1n) is 12.3. The summed E-state index contributed by atoms with van der Waals surface area (Å²) < 4.78 is 5.73. The molecule has 0 amide bonds. The summed E-state index contributed by atoms with van der Waals surface area (Å²) in [4.78, 5) is 0. The van der Waals surface area contributed by atoms with Crippen LogP contribution in [-0.2, 0) is 20.8 Å². The number of nitrogens with zero attached hydrogens (tertiary/aromatic N) is 2. The van der Waals surface area contributed by atoms with E-state index in [1.165, 1.54) is 103 Å². The van der Waals surface area contributed by atoms with Crippen LogP contribution in [0, 0.1) is 14.9 Å². The first-order valence-corrected chi connectivity index (χ1v) is 24.7. The van der Waals surface area contributed by atoms with Gasteiger partial charge < -0.3 is 24.0 Å². The second-order valence-electron chi connectivity index (χ2n) is 10.7. The van der Waals surface area contributed by atoms with Crippen molar-refractivity contribution in [1.82, 2.24) is 9.13 Å². The summed E-state index contributed by atoms with van der Waals surface area (Å²) in [5.74, 6) is 0. The molecule has 0 radical (unpaired) electrons. The van der Waals surface area contributed by atoms with Gasteiger partial charge in [0.05, 0.1) is 0 Å². The van der Waals surface area contributed by atoms with Gasteiger partial charge >= 0.3 is 37.9 Å². The van der Waals surface area contributed by atoms with Crippen LogP contribution in [0.4, 0.5) is 0 Å². The van der Waals surface area contributed by atoms with Crippen LogP contribution in [0.15, 0.2) is 0 Å². The van der Waals surface area contributed by atoms with E-state index in [1.54, 1.807) is 0 Å². The van der Waals surface area contributed by atoms with Crippen LogP contribution in [0.1, 0.15) is 77.0 Å². The third-order valence-electron chi connectivity index (χ3n) is 8.55. The Hall–Kier alpha value is 1.82. The zero-order valence-corrected chi connectivity index (χ0v) is 27.6. The molecular formula is C24H52Cl2N2Si2Zr. The van der Waals surface area contributed by atoms with E-state index in [-0.39, 0.29) is 14.9 Å². The average Bonchev–Trinajstić information content (AvgIpc) is 3.52. The molecule has 7 heteroatoms. The Morgan fingerprint density at radius 3 is 1.00 bits per heavy atom. The van der Waals surface area contributed by atoms with Gasteiger partial charge in [0.15, 0.2) is 0 Å². The Balaban J connectivity index is 0.000000488. The molecule has 0 unspecified atom stereocenters. The quantitative estimate of drug-likeness (QED) is 0.240. The molecule has 2 aliphatic heterocycles. The Morgan fingerprint density at radius 1 is 0.548 bits per heavy atom. The molecule has 2 saturated heterocycles. The van der Waals surface area contributed by atoms with Crippen LogP contribution in [-0.4, -0.2) is 51.8 Å². The average molecular weight is 587 g/mol. The van der Waals surface area contributed by atoms with Crippen molar-refractivity contribution < 1.29 is 20.8 Å². The summed E-state index contributed by atoms with van der Waals surface area (Å²) in [5, 5.41) is 0. The predicted octanol–water partition coefficient (Wildman–Crippen LogP) is 8.74. The van der Waals surface area contributed by atoms with Gasteiger partial charge in [0.2, 0.25) is 0 Å². The fourth-order valence-electron chi connectivity index (χ4n) is 6.37. The van der Waals surface area contributed by atoms with Gasteiger partial charge in [-0.3, -0.25) is 0 Å². The maximum atomic E-state index is 4.93. The van der Waals surface area contributed by atoms with Crippen LogP contribution in [0.25, 0.3) is 0 Å². The van der Waals surface area contributed by atoms with Crippen LogP contribution >= 0.6 is 17.0 Å². The fraction of sp³-hybridized carbons (Fsp3) is 0.917. The number of hydrogen-bond acceptors (Lipinski definition) is 2. The minimum absolute atomic E-state index is 0. The Labute approximate surface area is 217 Å². The second kappa shape index (κ2) is 16.5. The molecule has 0 aromatic heterocycles. The van der Waals surface area contributed by atoms with Crippen molar-refractivity contribution in [3.8, 4) is 0 Å². The summed E-state index contributed by atoms with van der Waals surface area (Å²) in [6.45, 7) is 16.1. The van der Waals surface area contributed by atoms with Gasteiger partial charge in [0, 0.05) is 0 Å². The van der Waals surface area contributed by atoms with Crippen molar-refractivity contribution in [3.05, 3.63) is 14.9 Å². The van der Waals surface area contributed by atoms with Gasteiger partial charge in [0.25, 0.3) is 0 Å². The Kier molecular flexibility index (Phi) is 17.4. The first-order chi connectivity index (χ1) is 13.8. The molecule has 0 bridgehead atoms. The monoisotopic (exact) mass is 584 g/mol. The fourth-order valence-corrected chi connectivity index (χ4v) is 14.0. The van der Waals surface area contributed by atoms with Crippen molar-refractivity contribution in [2.45, 2.75) is 114 Å². The van der Waals surface area contributed by atoms with Crippen LogP contribution < -0.4 is 0 Å². The standard InChI is InChI=1S/2C11H23NSi.2CH3.2ClH.Zr/c2*1-13(2,11-7-3-4-8-11)12-9-5-6-10-12;;;;;/h2*11H,3-10H2,1-2H3;2*1H3;2*1H;/q;;2*-1;;;+4/p-2. The molecule has 2 heterocycles. The second-order valence-corrected chi connectivity index (χ2v) is 24.0. The van der Waals surface area contributed by atoms with E-state index in [2.05, 4.69) is 35.3 Å². The van der Waals surface area contributed by atoms with Crippen LogP contribution in [0.5, 0.6) is 0 Å².